The molecule has 3 aliphatic rings. The number of nitrogens with one attached hydrogen (secondary N) is 1. The zero-order chi connectivity index (χ0) is 30.2. The van der Waals surface area contributed by atoms with Crippen molar-refractivity contribution in [3.8, 4) is 11.4 Å². The van der Waals surface area contributed by atoms with Crippen molar-refractivity contribution < 1.29 is 22.7 Å². The van der Waals surface area contributed by atoms with Crippen molar-refractivity contribution >= 4 is 30.3 Å². The molecule has 1 aromatic heterocycles. The van der Waals surface area contributed by atoms with Crippen LogP contribution in [0.15, 0.2) is 63.4 Å². The van der Waals surface area contributed by atoms with Gasteiger partial charge in [-0.1, -0.05) is 30.3 Å². The second-order valence-corrected chi connectivity index (χ2v) is 13.3. The molecule has 12 heteroatoms. The van der Waals surface area contributed by atoms with E-state index in [0.29, 0.717) is 42.0 Å². The van der Waals surface area contributed by atoms with Gasteiger partial charge in [-0.3, -0.25) is 14.2 Å². The first-order valence-electron chi connectivity index (χ1n) is 14.6. The predicted molar refractivity (Wildman–Crippen MR) is 161 cm³/mol. The van der Waals surface area contributed by atoms with E-state index in [9.17, 15) is 22.8 Å². The third-order valence-corrected chi connectivity index (χ3v) is 10.1. The van der Waals surface area contributed by atoms with E-state index < -0.39 is 6.36 Å². The first-order valence-corrected chi connectivity index (χ1v) is 15.9. The summed E-state index contributed by atoms with van der Waals surface area (Å²) in [5.74, 6) is -0.269. The average molecular weight is 631 g/mol. The summed E-state index contributed by atoms with van der Waals surface area (Å²) in [5, 5.41) is 4.54. The van der Waals surface area contributed by atoms with Gasteiger partial charge in [-0.25, -0.2) is 4.98 Å². The first-order chi connectivity index (χ1) is 20.6. The fourth-order valence-corrected chi connectivity index (χ4v) is 7.10. The Kier molecular flexibility index (Phi) is 8.54. The quantitative estimate of drug-likeness (QED) is 0.171. The number of hydrogen-bond donors (Lipinski definition) is 2. The largest absolute Gasteiger partial charge is 0.573 e. The molecular formula is C31H33F3N4O3S2. The van der Waals surface area contributed by atoms with Crippen LogP contribution in [-0.2, 0) is 23.2 Å². The standard InChI is InChI=1S/C31H33F3N4O3S2/c32-31(33,34)41-22-8-4-20(5-9-22)30(14-15-30)19-35-16-12-27(39)37-17-13-26-25(18-37)28(40)38(21-6-10-23(42)11-7-21)29(36-26)43-24-2-1-3-24/h4-11,24,35,42H,1-3,12-19H2. The fraction of sp³-hybridized carbons (Fsp3) is 0.452. The fourth-order valence-electron chi connectivity index (χ4n) is 5.62. The van der Waals surface area contributed by atoms with Crippen molar-refractivity contribution in [2.24, 2.45) is 0 Å². The van der Waals surface area contributed by atoms with Crippen LogP contribution in [0.25, 0.3) is 5.69 Å². The van der Waals surface area contributed by atoms with Gasteiger partial charge in [0.05, 0.1) is 23.5 Å². The van der Waals surface area contributed by atoms with Crippen molar-refractivity contribution in [2.45, 2.75) is 78.6 Å². The Morgan fingerprint density at radius 3 is 2.47 bits per heavy atom. The molecular weight excluding hydrogens is 597 g/mol. The molecule has 0 atom stereocenters. The van der Waals surface area contributed by atoms with E-state index >= 15 is 0 Å². The molecule has 2 aliphatic carbocycles. The van der Waals surface area contributed by atoms with Gasteiger partial charge in [0, 0.05) is 48.0 Å². The summed E-state index contributed by atoms with van der Waals surface area (Å²) in [7, 11) is 0. The van der Waals surface area contributed by atoms with Gasteiger partial charge < -0.3 is 15.0 Å². The van der Waals surface area contributed by atoms with Crippen molar-refractivity contribution in [3.05, 3.63) is 75.7 Å². The lowest BCUT2D eigenvalue weighted by atomic mass is 9.96. The van der Waals surface area contributed by atoms with Crippen molar-refractivity contribution in [1.82, 2.24) is 19.8 Å². The Balaban J connectivity index is 1.08. The summed E-state index contributed by atoms with van der Waals surface area (Å²) < 4.78 is 43.1. The van der Waals surface area contributed by atoms with Crippen LogP contribution in [0.1, 0.15) is 55.3 Å². The molecule has 1 aliphatic heterocycles. The summed E-state index contributed by atoms with van der Waals surface area (Å²) in [6.07, 6.45) is 1.39. The molecule has 2 heterocycles. The summed E-state index contributed by atoms with van der Waals surface area (Å²) in [4.78, 5) is 34.5. The van der Waals surface area contributed by atoms with Crippen molar-refractivity contribution in [3.63, 3.8) is 0 Å². The second-order valence-electron chi connectivity index (χ2n) is 11.5. The van der Waals surface area contributed by atoms with Crippen LogP contribution in [-0.4, -0.2) is 51.6 Å². The number of amides is 1. The number of benzene rings is 2. The first kappa shape index (κ1) is 30.1. The van der Waals surface area contributed by atoms with E-state index in [1.807, 2.05) is 24.3 Å². The molecule has 2 fully saturated rings. The number of thiol groups is 1. The van der Waals surface area contributed by atoms with Crippen LogP contribution in [0.2, 0.25) is 0 Å². The Hall–Kier alpha value is -2.96. The van der Waals surface area contributed by atoms with Crippen molar-refractivity contribution in [1.29, 1.82) is 0 Å². The molecule has 2 aromatic carbocycles. The van der Waals surface area contributed by atoms with Gasteiger partial charge in [-0.2, -0.15) is 0 Å². The van der Waals surface area contributed by atoms with E-state index in [2.05, 4.69) is 22.7 Å². The highest BCUT2D eigenvalue weighted by Gasteiger charge is 2.44. The molecule has 1 N–H and O–H groups in total. The minimum Gasteiger partial charge on any atom is -0.406 e. The van der Waals surface area contributed by atoms with Gasteiger partial charge in [-0.05, 0) is 67.6 Å². The summed E-state index contributed by atoms with van der Waals surface area (Å²) in [5.41, 5.74) is 2.77. The number of carbonyl (C=O) groups excluding carboxylic acids is 1. The molecule has 6 rings (SSSR count). The SMILES string of the molecule is O=C(CCNCC1(c2ccc(OC(F)(F)F)cc2)CC1)N1CCc2nc(SC3CCC3)n(-c3ccc(S)cc3)c(=O)c2C1. The molecule has 0 radical (unpaired) electrons. The lowest BCUT2D eigenvalue weighted by Crippen LogP contribution is -2.42. The monoisotopic (exact) mass is 630 g/mol. The number of aromatic nitrogens is 2. The van der Waals surface area contributed by atoms with Gasteiger partial charge in [0.2, 0.25) is 5.91 Å². The molecule has 0 bridgehead atoms. The number of nitrogens with zero attached hydrogens (tertiary/aromatic N) is 3. The highest BCUT2D eigenvalue weighted by atomic mass is 32.2. The Bertz CT molecular complexity index is 1540. The number of thioether (sulfide) groups is 1. The van der Waals surface area contributed by atoms with Gasteiger partial charge in [-0.15, -0.1) is 25.8 Å². The zero-order valence-electron chi connectivity index (χ0n) is 23.5. The maximum atomic E-state index is 13.9. The van der Waals surface area contributed by atoms with Gasteiger partial charge >= 0.3 is 6.36 Å². The van der Waals surface area contributed by atoms with Gasteiger partial charge in [0.15, 0.2) is 5.16 Å². The molecule has 43 heavy (non-hydrogen) atoms. The summed E-state index contributed by atoms with van der Waals surface area (Å²) in [6.45, 7) is 1.84. The van der Waals surface area contributed by atoms with Gasteiger partial charge in [0.25, 0.3) is 5.56 Å². The van der Waals surface area contributed by atoms with Crippen molar-refractivity contribution in [2.75, 3.05) is 19.6 Å². The number of alkyl halides is 3. The van der Waals surface area contributed by atoms with E-state index in [1.165, 1.54) is 18.6 Å². The minimum absolute atomic E-state index is 0.0325. The van der Waals surface area contributed by atoms with Crippen LogP contribution in [0.4, 0.5) is 13.2 Å². The Labute approximate surface area is 257 Å². The van der Waals surface area contributed by atoms with Crippen LogP contribution in [0.3, 0.4) is 0 Å². The maximum Gasteiger partial charge on any atom is 0.573 e. The number of rotatable bonds is 10. The average Bonchev–Trinajstić information content (AvgIpc) is 3.74. The van der Waals surface area contributed by atoms with E-state index in [0.717, 1.165) is 47.5 Å². The van der Waals surface area contributed by atoms with E-state index in [-0.39, 0.29) is 35.6 Å². The second kappa shape index (κ2) is 12.2. The predicted octanol–water partition coefficient (Wildman–Crippen LogP) is 5.66. The van der Waals surface area contributed by atoms with E-state index in [4.69, 9.17) is 4.98 Å². The third kappa shape index (κ3) is 6.91. The van der Waals surface area contributed by atoms with Crippen LogP contribution in [0, 0.1) is 0 Å². The molecule has 2 saturated carbocycles. The molecule has 0 unspecified atom stereocenters. The zero-order valence-corrected chi connectivity index (χ0v) is 25.2. The van der Waals surface area contributed by atoms with E-state index in [1.54, 1.807) is 33.4 Å². The lowest BCUT2D eigenvalue weighted by Gasteiger charge is -2.30. The summed E-state index contributed by atoms with van der Waals surface area (Å²) in [6, 6.07) is 13.5. The van der Waals surface area contributed by atoms with Crippen LogP contribution >= 0.6 is 24.4 Å². The third-order valence-electron chi connectivity index (χ3n) is 8.52. The topological polar surface area (TPSA) is 76.5 Å². The molecule has 228 valence electrons. The smallest absolute Gasteiger partial charge is 0.406 e. The highest BCUT2D eigenvalue weighted by Crippen LogP contribution is 2.48. The number of carbonyl (C=O) groups is 1. The van der Waals surface area contributed by atoms with Gasteiger partial charge in [0.1, 0.15) is 5.75 Å². The maximum absolute atomic E-state index is 13.9. The van der Waals surface area contributed by atoms with Crippen LogP contribution in [0.5, 0.6) is 5.75 Å². The normalized spacial score (nSPS) is 17.7. The highest BCUT2D eigenvalue weighted by molar-refractivity contribution is 7.99. The Morgan fingerprint density at radius 1 is 1.12 bits per heavy atom. The Morgan fingerprint density at radius 2 is 1.84 bits per heavy atom. The molecule has 7 nitrogen and oxygen atoms in total. The minimum atomic E-state index is -4.72. The lowest BCUT2D eigenvalue weighted by molar-refractivity contribution is -0.274. The molecule has 0 saturated heterocycles. The number of ether oxygens (including phenoxy) is 1. The number of halogens is 3. The number of hydrogen-bond acceptors (Lipinski definition) is 7. The van der Waals surface area contributed by atoms with Crippen LogP contribution < -0.4 is 15.6 Å². The molecule has 3 aromatic rings. The summed E-state index contributed by atoms with van der Waals surface area (Å²) >= 11 is 6.05. The number of fused-ring (bicyclic) bond motifs is 1. The molecule has 1 amide bonds. The molecule has 0 spiro atoms.